The summed E-state index contributed by atoms with van der Waals surface area (Å²) in [6.45, 7) is 7.50. The van der Waals surface area contributed by atoms with Crippen molar-refractivity contribution in [3.05, 3.63) is 24.3 Å². The molecule has 2 aliphatic heterocycles. The molecule has 0 bridgehead atoms. The first-order valence-corrected chi connectivity index (χ1v) is 9.22. The predicted molar refractivity (Wildman–Crippen MR) is 97.6 cm³/mol. The number of carbonyl (C=O) groups is 1. The fourth-order valence-electron chi connectivity index (χ4n) is 3.47. The van der Waals surface area contributed by atoms with Crippen LogP contribution in [0.5, 0.6) is 0 Å². The molecule has 2 aliphatic rings. The molecular formula is C19H29N3O2. The zero-order valence-corrected chi connectivity index (χ0v) is 14.7. The highest BCUT2D eigenvalue weighted by molar-refractivity contribution is 5.94. The van der Waals surface area contributed by atoms with Gasteiger partial charge in [0.05, 0.1) is 19.3 Å². The molecule has 1 amide bonds. The minimum atomic E-state index is -0.0676. The van der Waals surface area contributed by atoms with Gasteiger partial charge in [0.2, 0.25) is 5.91 Å². The van der Waals surface area contributed by atoms with Crippen LogP contribution in [0.25, 0.3) is 0 Å². The molecule has 0 radical (unpaired) electrons. The molecule has 2 saturated heterocycles. The first kappa shape index (κ1) is 17.2. The van der Waals surface area contributed by atoms with Crippen LogP contribution in [0.2, 0.25) is 0 Å². The average Bonchev–Trinajstić information content (AvgIpc) is 2.92. The summed E-state index contributed by atoms with van der Waals surface area (Å²) in [5, 5.41) is 3.07. The van der Waals surface area contributed by atoms with Gasteiger partial charge < -0.3 is 15.0 Å². The van der Waals surface area contributed by atoms with E-state index in [4.69, 9.17) is 4.74 Å². The number of rotatable bonds is 4. The summed E-state index contributed by atoms with van der Waals surface area (Å²) in [5.41, 5.74) is 2.07. The Bertz CT molecular complexity index is 518. The van der Waals surface area contributed by atoms with E-state index < -0.39 is 0 Å². The standard InChI is InChI=1S/C19H29N3O2/c1-16(21-10-4-2-3-5-11-21)19(23)20-17-6-8-18(9-7-17)22-12-14-24-15-13-22/h6-9,16H,2-5,10-15H2,1H3,(H,20,23). The lowest BCUT2D eigenvalue weighted by molar-refractivity contribution is -0.120. The first-order chi connectivity index (χ1) is 11.7. The number of amides is 1. The number of nitrogens with one attached hydrogen (secondary N) is 1. The molecule has 3 rings (SSSR count). The van der Waals surface area contributed by atoms with Gasteiger partial charge in [-0.25, -0.2) is 0 Å². The molecule has 1 unspecified atom stereocenters. The number of hydrogen-bond donors (Lipinski definition) is 1. The number of hydrogen-bond acceptors (Lipinski definition) is 4. The molecule has 132 valence electrons. The smallest absolute Gasteiger partial charge is 0.241 e. The van der Waals surface area contributed by atoms with E-state index in [-0.39, 0.29) is 11.9 Å². The topological polar surface area (TPSA) is 44.8 Å². The highest BCUT2D eigenvalue weighted by atomic mass is 16.5. The fraction of sp³-hybridized carbons (Fsp3) is 0.632. The average molecular weight is 331 g/mol. The summed E-state index contributed by atoms with van der Waals surface area (Å²) in [4.78, 5) is 17.2. The highest BCUT2D eigenvalue weighted by Crippen LogP contribution is 2.20. The van der Waals surface area contributed by atoms with E-state index >= 15 is 0 Å². The van der Waals surface area contributed by atoms with Gasteiger partial charge in [-0.05, 0) is 57.1 Å². The van der Waals surface area contributed by atoms with Gasteiger partial charge in [0, 0.05) is 24.5 Å². The zero-order chi connectivity index (χ0) is 16.8. The number of benzene rings is 1. The molecule has 24 heavy (non-hydrogen) atoms. The summed E-state index contributed by atoms with van der Waals surface area (Å²) in [6, 6.07) is 8.09. The van der Waals surface area contributed by atoms with Crippen LogP contribution in [0.3, 0.4) is 0 Å². The second kappa shape index (κ2) is 8.49. The third-order valence-corrected chi connectivity index (χ3v) is 5.08. The molecule has 1 aromatic rings. The Morgan fingerprint density at radius 3 is 2.25 bits per heavy atom. The quantitative estimate of drug-likeness (QED) is 0.921. The Balaban J connectivity index is 1.55. The van der Waals surface area contributed by atoms with E-state index in [0.29, 0.717) is 0 Å². The molecule has 0 aromatic heterocycles. The maximum Gasteiger partial charge on any atom is 0.241 e. The Kier molecular flexibility index (Phi) is 6.10. The van der Waals surface area contributed by atoms with Crippen LogP contribution in [-0.2, 0) is 9.53 Å². The SMILES string of the molecule is CC(C(=O)Nc1ccc(N2CCOCC2)cc1)N1CCCCCC1. The van der Waals surface area contributed by atoms with Crippen molar-refractivity contribution in [2.24, 2.45) is 0 Å². The Morgan fingerprint density at radius 2 is 1.62 bits per heavy atom. The normalized spacial score (nSPS) is 21.1. The molecule has 1 aromatic carbocycles. The lowest BCUT2D eigenvalue weighted by Gasteiger charge is -2.29. The van der Waals surface area contributed by atoms with Crippen molar-refractivity contribution in [1.82, 2.24) is 4.90 Å². The van der Waals surface area contributed by atoms with Crippen LogP contribution in [0, 0.1) is 0 Å². The molecule has 2 heterocycles. The molecule has 0 spiro atoms. The third kappa shape index (κ3) is 4.48. The van der Waals surface area contributed by atoms with Crippen molar-refractivity contribution < 1.29 is 9.53 Å². The van der Waals surface area contributed by atoms with Crippen molar-refractivity contribution in [3.8, 4) is 0 Å². The van der Waals surface area contributed by atoms with E-state index in [0.717, 1.165) is 45.1 Å². The van der Waals surface area contributed by atoms with Gasteiger partial charge in [0.15, 0.2) is 0 Å². The Hall–Kier alpha value is -1.59. The number of ether oxygens (including phenoxy) is 1. The number of morpholine rings is 1. The molecule has 2 fully saturated rings. The maximum absolute atomic E-state index is 12.5. The number of anilines is 2. The van der Waals surface area contributed by atoms with Crippen LogP contribution in [0.4, 0.5) is 11.4 Å². The molecule has 1 atom stereocenters. The number of likely N-dealkylation sites (tertiary alicyclic amines) is 1. The monoisotopic (exact) mass is 331 g/mol. The lowest BCUT2D eigenvalue weighted by Crippen LogP contribution is -2.42. The van der Waals surface area contributed by atoms with Gasteiger partial charge in [0.25, 0.3) is 0 Å². The van der Waals surface area contributed by atoms with Gasteiger partial charge >= 0.3 is 0 Å². The summed E-state index contributed by atoms with van der Waals surface area (Å²) < 4.78 is 5.39. The van der Waals surface area contributed by atoms with Crippen LogP contribution in [0.1, 0.15) is 32.6 Å². The van der Waals surface area contributed by atoms with Crippen molar-refractivity contribution in [2.75, 3.05) is 49.6 Å². The van der Waals surface area contributed by atoms with Crippen LogP contribution in [-0.4, -0.2) is 56.2 Å². The second-order valence-corrected chi connectivity index (χ2v) is 6.76. The Morgan fingerprint density at radius 1 is 1.00 bits per heavy atom. The summed E-state index contributed by atoms with van der Waals surface area (Å²) in [6.07, 6.45) is 4.97. The van der Waals surface area contributed by atoms with E-state index in [1.165, 1.54) is 31.4 Å². The minimum absolute atomic E-state index is 0.0676. The Labute approximate surface area is 145 Å². The van der Waals surface area contributed by atoms with Crippen molar-refractivity contribution >= 4 is 17.3 Å². The van der Waals surface area contributed by atoms with Crippen LogP contribution >= 0.6 is 0 Å². The molecular weight excluding hydrogens is 302 g/mol. The highest BCUT2D eigenvalue weighted by Gasteiger charge is 2.22. The number of nitrogens with zero attached hydrogens (tertiary/aromatic N) is 2. The zero-order valence-electron chi connectivity index (χ0n) is 14.7. The van der Waals surface area contributed by atoms with E-state index in [1.54, 1.807) is 0 Å². The maximum atomic E-state index is 12.5. The molecule has 0 saturated carbocycles. The van der Waals surface area contributed by atoms with Crippen molar-refractivity contribution in [3.63, 3.8) is 0 Å². The van der Waals surface area contributed by atoms with E-state index in [9.17, 15) is 4.79 Å². The second-order valence-electron chi connectivity index (χ2n) is 6.76. The summed E-state index contributed by atoms with van der Waals surface area (Å²) in [5.74, 6) is 0.0935. The first-order valence-electron chi connectivity index (χ1n) is 9.22. The van der Waals surface area contributed by atoms with Gasteiger partial charge in [-0.2, -0.15) is 0 Å². The van der Waals surface area contributed by atoms with Gasteiger partial charge in [-0.1, -0.05) is 12.8 Å². The summed E-state index contributed by atoms with van der Waals surface area (Å²) >= 11 is 0. The predicted octanol–water partition coefficient (Wildman–Crippen LogP) is 2.73. The lowest BCUT2D eigenvalue weighted by atomic mass is 10.2. The van der Waals surface area contributed by atoms with Gasteiger partial charge in [-0.15, -0.1) is 0 Å². The number of carbonyl (C=O) groups excluding carboxylic acids is 1. The van der Waals surface area contributed by atoms with Crippen LogP contribution < -0.4 is 10.2 Å². The van der Waals surface area contributed by atoms with Gasteiger partial charge in [0.1, 0.15) is 0 Å². The van der Waals surface area contributed by atoms with Gasteiger partial charge in [-0.3, -0.25) is 9.69 Å². The molecule has 5 heteroatoms. The molecule has 0 aliphatic carbocycles. The summed E-state index contributed by atoms with van der Waals surface area (Å²) in [7, 11) is 0. The largest absolute Gasteiger partial charge is 0.378 e. The minimum Gasteiger partial charge on any atom is -0.378 e. The van der Waals surface area contributed by atoms with Crippen molar-refractivity contribution in [1.29, 1.82) is 0 Å². The van der Waals surface area contributed by atoms with E-state index in [2.05, 4.69) is 27.2 Å². The van der Waals surface area contributed by atoms with Crippen molar-refractivity contribution in [2.45, 2.75) is 38.6 Å². The molecule has 1 N–H and O–H groups in total. The van der Waals surface area contributed by atoms with Crippen LogP contribution in [0.15, 0.2) is 24.3 Å². The molecule has 5 nitrogen and oxygen atoms in total. The fourth-order valence-corrected chi connectivity index (χ4v) is 3.47. The third-order valence-electron chi connectivity index (χ3n) is 5.08. The van der Waals surface area contributed by atoms with E-state index in [1.807, 2.05) is 19.1 Å².